The number of hydrogen-bond donors (Lipinski definition) is 1. The number of nitrogens with zero attached hydrogens (tertiary/aromatic N) is 2. The maximum atomic E-state index is 12.2. The van der Waals surface area contributed by atoms with Crippen molar-refractivity contribution in [2.75, 3.05) is 6.61 Å². The van der Waals surface area contributed by atoms with Crippen molar-refractivity contribution in [3.63, 3.8) is 0 Å². The Morgan fingerprint density at radius 3 is 2.65 bits per heavy atom. The third kappa shape index (κ3) is 3.61. The van der Waals surface area contributed by atoms with Gasteiger partial charge < -0.3 is 9.30 Å². The normalized spacial score (nSPS) is 11.2. The van der Waals surface area contributed by atoms with Gasteiger partial charge >= 0.3 is 0 Å². The highest BCUT2D eigenvalue weighted by Gasteiger charge is 2.10. The summed E-state index contributed by atoms with van der Waals surface area (Å²) in [5, 5.41) is 5.26. The molecule has 1 aromatic heterocycles. The summed E-state index contributed by atoms with van der Waals surface area (Å²) in [7, 11) is 2.02. The first kappa shape index (κ1) is 17.7. The highest BCUT2D eigenvalue weighted by molar-refractivity contribution is 6.02. The molecule has 0 radical (unpaired) electrons. The van der Waals surface area contributed by atoms with E-state index >= 15 is 0 Å². The van der Waals surface area contributed by atoms with Crippen LogP contribution in [0.5, 0.6) is 5.75 Å². The first-order valence-corrected chi connectivity index (χ1v) is 8.72. The lowest BCUT2D eigenvalue weighted by Crippen LogP contribution is -2.17. The molecule has 0 spiro atoms. The summed E-state index contributed by atoms with van der Waals surface area (Å²) in [6.45, 7) is 4.76. The Hall–Kier alpha value is -3.08. The third-order valence-electron chi connectivity index (χ3n) is 4.40. The predicted octanol–water partition coefficient (Wildman–Crippen LogP) is 4.04. The van der Waals surface area contributed by atoms with Crippen molar-refractivity contribution < 1.29 is 9.53 Å². The summed E-state index contributed by atoms with van der Waals surface area (Å²) >= 11 is 0. The van der Waals surface area contributed by atoms with Crippen molar-refractivity contribution in [1.82, 2.24) is 9.99 Å². The van der Waals surface area contributed by atoms with Crippen molar-refractivity contribution in [1.29, 1.82) is 0 Å². The molecule has 0 fully saturated rings. The molecule has 1 N–H and O–H groups in total. The second-order valence-electron chi connectivity index (χ2n) is 6.15. The standard InChI is InChI=1S/C21H23N3O2/c1-4-13-26-17-11-9-16(10-12-17)21(25)23-22-14-19-15(2)24(3)20-8-6-5-7-18(19)20/h5-12,14H,4,13H2,1-3H3,(H,23,25)/b22-14-. The molecule has 0 aliphatic rings. The molecule has 5 nitrogen and oxygen atoms in total. The first-order chi connectivity index (χ1) is 12.6. The van der Waals surface area contributed by atoms with Crippen molar-refractivity contribution >= 4 is 23.0 Å². The van der Waals surface area contributed by atoms with E-state index in [1.54, 1.807) is 30.5 Å². The monoisotopic (exact) mass is 349 g/mol. The van der Waals surface area contributed by atoms with Gasteiger partial charge in [0.25, 0.3) is 5.91 Å². The molecule has 0 atom stereocenters. The van der Waals surface area contributed by atoms with Crippen LogP contribution in [0.15, 0.2) is 53.6 Å². The van der Waals surface area contributed by atoms with Crippen molar-refractivity contribution in [3.05, 3.63) is 65.4 Å². The number of benzene rings is 2. The van der Waals surface area contributed by atoms with Gasteiger partial charge in [-0.15, -0.1) is 0 Å². The molecular formula is C21H23N3O2. The van der Waals surface area contributed by atoms with Crippen LogP contribution in [0.4, 0.5) is 0 Å². The summed E-state index contributed by atoms with van der Waals surface area (Å²) in [5.41, 5.74) is 6.38. The van der Waals surface area contributed by atoms with Crippen molar-refractivity contribution in [2.45, 2.75) is 20.3 Å². The van der Waals surface area contributed by atoms with Crippen LogP contribution in [-0.4, -0.2) is 23.3 Å². The number of amides is 1. The lowest BCUT2D eigenvalue weighted by Gasteiger charge is -2.05. The van der Waals surface area contributed by atoms with Gasteiger partial charge in [-0.2, -0.15) is 5.10 Å². The number of hydrogen-bond acceptors (Lipinski definition) is 3. The van der Waals surface area contributed by atoms with Crippen molar-refractivity contribution in [2.24, 2.45) is 12.1 Å². The van der Waals surface area contributed by atoms with Gasteiger partial charge in [0.05, 0.1) is 12.8 Å². The quantitative estimate of drug-likeness (QED) is 0.539. The Labute approximate surface area is 153 Å². The summed E-state index contributed by atoms with van der Waals surface area (Å²) in [4.78, 5) is 12.2. The van der Waals surface area contributed by atoms with E-state index in [1.165, 1.54) is 0 Å². The zero-order valence-electron chi connectivity index (χ0n) is 15.3. The molecule has 0 bridgehead atoms. The number of carbonyl (C=O) groups is 1. The third-order valence-corrected chi connectivity index (χ3v) is 4.40. The van der Waals surface area contributed by atoms with E-state index in [1.807, 2.05) is 26.1 Å². The van der Waals surface area contributed by atoms with E-state index in [2.05, 4.69) is 34.2 Å². The minimum absolute atomic E-state index is 0.249. The molecular weight excluding hydrogens is 326 g/mol. The van der Waals surface area contributed by atoms with Crippen LogP contribution in [0.3, 0.4) is 0 Å². The summed E-state index contributed by atoms with van der Waals surface area (Å²) in [5.74, 6) is 0.513. The molecule has 2 aromatic carbocycles. The van der Waals surface area contributed by atoms with Crippen LogP contribution >= 0.6 is 0 Å². The Morgan fingerprint density at radius 1 is 1.19 bits per heavy atom. The van der Waals surface area contributed by atoms with Crippen LogP contribution in [0.2, 0.25) is 0 Å². The van der Waals surface area contributed by atoms with Crippen LogP contribution in [0, 0.1) is 6.92 Å². The number of hydrazone groups is 1. The fourth-order valence-corrected chi connectivity index (χ4v) is 2.86. The van der Waals surface area contributed by atoms with E-state index in [4.69, 9.17) is 4.74 Å². The van der Waals surface area contributed by atoms with Crippen LogP contribution in [0.1, 0.15) is 35.0 Å². The average molecular weight is 349 g/mol. The second-order valence-corrected chi connectivity index (χ2v) is 6.15. The number of aromatic nitrogens is 1. The largest absolute Gasteiger partial charge is 0.494 e. The minimum atomic E-state index is -0.249. The maximum absolute atomic E-state index is 12.2. The van der Waals surface area contributed by atoms with E-state index < -0.39 is 0 Å². The number of ether oxygens (including phenoxy) is 1. The number of aryl methyl sites for hydroxylation is 1. The van der Waals surface area contributed by atoms with E-state index in [0.717, 1.165) is 34.3 Å². The fourth-order valence-electron chi connectivity index (χ4n) is 2.86. The van der Waals surface area contributed by atoms with Gasteiger partial charge in [0.1, 0.15) is 5.75 Å². The summed E-state index contributed by atoms with van der Waals surface area (Å²) in [6, 6.07) is 15.2. The van der Waals surface area contributed by atoms with Gasteiger partial charge in [0.2, 0.25) is 0 Å². The fraction of sp³-hybridized carbons (Fsp3) is 0.238. The Balaban J connectivity index is 1.71. The van der Waals surface area contributed by atoms with Gasteiger partial charge in [-0.3, -0.25) is 4.79 Å². The number of rotatable bonds is 6. The molecule has 0 saturated carbocycles. The maximum Gasteiger partial charge on any atom is 0.271 e. The molecule has 5 heteroatoms. The molecule has 3 rings (SSSR count). The van der Waals surface area contributed by atoms with Gasteiger partial charge in [0, 0.05) is 34.8 Å². The smallest absolute Gasteiger partial charge is 0.271 e. The number of nitrogens with one attached hydrogen (secondary N) is 1. The van der Waals surface area contributed by atoms with E-state index in [-0.39, 0.29) is 5.91 Å². The molecule has 3 aromatic rings. The first-order valence-electron chi connectivity index (χ1n) is 8.72. The zero-order valence-corrected chi connectivity index (χ0v) is 15.3. The number of carbonyl (C=O) groups excluding carboxylic acids is 1. The molecule has 26 heavy (non-hydrogen) atoms. The second kappa shape index (κ2) is 7.87. The van der Waals surface area contributed by atoms with Crippen LogP contribution < -0.4 is 10.2 Å². The Bertz CT molecular complexity index is 940. The van der Waals surface area contributed by atoms with Crippen molar-refractivity contribution in [3.8, 4) is 5.75 Å². The summed E-state index contributed by atoms with van der Waals surface area (Å²) in [6.07, 6.45) is 2.65. The molecule has 0 unspecified atom stereocenters. The molecule has 1 amide bonds. The average Bonchev–Trinajstić information content (AvgIpc) is 2.92. The lowest BCUT2D eigenvalue weighted by atomic mass is 10.1. The van der Waals surface area contributed by atoms with E-state index in [9.17, 15) is 4.79 Å². The molecule has 0 aliphatic carbocycles. The highest BCUT2D eigenvalue weighted by Crippen LogP contribution is 2.23. The van der Waals surface area contributed by atoms with Crippen LogP contribution in [-0.2, 0) is 7.05 Å². The topological polar surface area (TPSA) is 55.6 Å². The van der Waals surface area contributed by atoms with Gasteiger partial charge in [0.15, 0.2) is 0 Å². The van der Waals surface area contributed by atoms with E-state index in [0.29, 0.717) is 12.2 Å². The lowest BCUT2D eigenvalue weighted by molar-refractivity contribution is 0.0955. The predicted molar refractivity (Wildman–Crippen MR) is 105 cm³/mol. The van der Waals surface area contributed by atoms with Crippen LogP contribution in [0.25, 0.3) is 10.9 Å². The summed E-state index contributed by atoms with van der Waals surface area (Å²) < 4.78 is 7.64. The number of fused-ring (bicyclic) bond motifs is 1. The van der Waals surface area contributed by atoms with Gasteiger partial charge in [-0.05, 0) is 43.7 Å². The SMILES string of the molecule is CCCOc1ccc(C(=O)N/N=C\c2c(C)n(C)c3ccccc23)cc1. The zero-order chi connectivity index (χ0) is 18.5. The molecule has 0 saturated heterocycles. The Kier molecular flexibility index (Phi) is 5.37. The highest BCUT2D eigenvalue weighted by atomic mass is 16.5. The minimum Gasteiger partial charge on any atom is -0.494 e. The van der Waals surface area contributed by atoms with Gasteiger partial charge in [-0.25, -0.2) is 5.43 Å². The molecule has 134 valence electrons. The number of para-hydroxylation sites is 1. The molecule has 0 aliphatic heterocycles. The molecule has 1 heterocycles. The Morgan fingerprint density at radius 2 is 1.92 bits per heavy atom. The van der Waals surface area contributed by atoms with Gasteiger partial charge in [-0.1, -0.05) is 25.1 Å².